The van der Waals surface area contributed by atoms with Crippen molar-refractivity contribution in [1.82, 2.24) is 9.13 Å². The fourth-order valence-corrected chi connectivity index (χ4v) is 1.82. The fraction of sp³-hybridized carbons (Fsp3) is 0.267. The third-order valence-electron chi connectivity index (χ3n) is 3.04. The summed E-state index contributed by atoms with van der Waals surface area (Å²) in [6, 6.07) is 9.27. The molecular formula is C15H15N3O3. The van der Waals surface area contributed by atoms with Crippen molar-refractivity contribution in [2.24, 2.45) is 7.05 Å². The van der Waals surface area contributed by atoms with E-state index in [-0.39, 0.29) is 6.61 Å². The number of hydrogen-bond acceptors (Lipinski definition) is 4. The maximum atomic E-state index is 11.7. The first kappa shape index (κ1) is 14.6. The highest BCUT2D eigenvalue weighted by molar-refractivity contribution is 5.28. The largest absolute Gasteiger partial charge is 0.492 e. The summed E-state index contributed by atoms with van der Waals surface area (Å²) >= 11 is 0. The summed E-state index contributed by atoms with van der Waals surface area (Å²) < 4.78 is 8.09. The number of benzene rings is 1. The van der Waals surface area contributed by atoms with Gasteiger partial charge in [0.2, 0.25) is 0 Å². The summed E-state index contributed by atoms with van der Waals surface area (Å²) in [5.41, 5.74) is -0.195. The molecule has 1 aromatic carbocycles. The number of aryl methyl sites for hydroxylation is 1. The van der Waals surface area contributed by atoms with Crippen LogP contribution in [0.2, 0.25) is 0 Å². The molecule has 108 valence electrons. The van der Waals surface area contributed by atoms with Crippen molar-refractivity contribution in [3.05, 3.63) is 62.9 Å². The van der Waals surface area contributed by atoms with Gasteiger partial charge in [0, 0.05) is 19.4 Å². The summed E-state index contributed by atoms with van der Waals surface area (Å²) in [4.78, 5) is 23.2. The van der Waals surface area contributed by atoms with Crippen LogP contribution >= 0.6 is 0 Å². The Hall–Kier alpha value is -2.81. The lowest BCUT2D eigenvalue weighted by atomic mass is 10.2. The van der Waals surface area contributed by atoms with Gasteiger partial charge in [0.1, 0.15) is 12.4 Å². The highest BCUT2D eigenvalue weighted by Gasteiger charge is 2.02. The van der Waals surface area contributed by atoms with Crippen LogP contribution in [0.3, 0.4) is 0 Å². The van der Waals surface area contributed by atoms with Crippen LogP contribution in [0.15, 0.2) is 46.2 Å². The van der Waals surface area contributed by atoms with Gasteiger partial charge in [-0.1, -0.05) is 12.1 Å². The topological polar surface area (TPSA) is 77.0 Å². The number of aromatic nitrogens is 2. The molecule has 0 fully saturated rings. The molecule has 0 unspecified atom stereocenters. The highest BCUT2D eigenvalue weighted by atomic mass is 16.5. The Morgan fingerprint density at radius 1 is 1.14 bits per heavy atom. The van der Waals surface area contributed by atoms with Gasteiger partial charge in [0.25, 0.3) is 0 Å². The normalized spacial score (nSPS) is 10.1. The molecule has 0 amide bonds. The monoisotopic (exact) mass is 285 g/mol. The van der Waals surface area contributed by atoms with Gasteiger partial charge in [-0.15, -0.1) is 0 Å². The average molecular weight is 285 g/mol. The minimum Gasteiger partial charge on any atom is -0.492 e. The molecule has 0 aliphatic heterocycles. The number of nitrogens with zero attached hydrogens (tertiary/aromatic N) is 3. The predicted molar refractivity (Wildman–Crippen MR) is 77.2 cm³/mol. The van der Waals surface area contributed by atoms with E-state index in [1.807, 2.05) is 12.1 Å². The summed E-state index contributed by atoms with van der Waals surface area (Å²) in [5, 5.41) is 8.58. The molecule has 0 saturated carbocycles. The second kappa shape index (κ2) is 6.57. The molecule has 0 bridgehead atoms. The third-order valence-corrected chi connectivity index (χ3v) is 3.04. The first-order valence-electron chi connectivity index (χ1n) is 6.46. The van der Waals surface area contributed by atoms with Gasteiger partial charge < -0.3 is 13.9 Å². The van der Waals surface area contributed by atoms with Gasteiger partial charge in [-0.05, 0) is 17.7 Å². The smallest absolute Gasteiger partial charge is 0.316 e. The summed E-state index contributed by atoms with van der Waals surface area (Å²) in [7, 11) is 1.54. The lowest BCUT2D eigenvalue weighted by Gasteiger charge is -2.08. The van der Waals surface area contributed by atoms with Gasteiger partial charge in [-0.3, -0.25) is 9.59 Å². The van der Waals surface area contributed by atoms with Crippen molar-refractivity contribution in [3.8, 4) is 11.8 Å². The van der Waals surface area contributed by atoms with Gasteiger partial charge in [0.15, 0.2) is 0 Å². The van der Waals surface area contributed by atoms with E-state index in [1.54, 1.807) is 24.5 Å². The van der Waals surface area contributed by atoms with Crippen LogP contribution in [0.4, 0.5) is 0 Å². The second-order valence-electron chi connectivity index (χ2n) is 4.54. The van der Waals surface area contributed by atoms with Gasteiger partial charge in [-0.25, -0.2) is 0 Å². The average Bonchev–Trinajstić information content (AvgIpc) is 2.49. The Morgan fingerprint density at radius 2 is 1.86 bits per heavy atom. The number of nitriles is 1. The molecule has 0 aliphatic rings. The molecule has 0 N–H and O–H groups in total. The zero-order valence-corrected chi connectivity index (χ0v) is 11.7. The molecular weight excluding hydrogens is 270 g/mol. The molecule has 0 atom stereocenters. The van der Waals surface area contributed by atoms with Crippen LogP contribution in [0.1, 0.15) is 5.56 Å². The molecule has 1 aromatic heterocycles. The summed E-state index contributed by atoms with van der Waals surface area (Å²) in [6.07, 6.45) is 3.46. The second-order valence-corrected chi connectivity index (χ2v) is 4.54. The Labute approximate surface area is 121 Å². The van der Waals surface area contributed by atoms with E-state index in [9.17, 15) is 9.59 Å². The first-order chi connectivity index (χ1) is 10.1. The van der Waals surface area contributed by atoms with E-state index in [0.29, 0.717) is 18.7 Å². The lowest BCUT2D eigenvalue weighted by Crippen LogP contribution is -2.40. The van der Waals surface area contributed by atoms with Crippen molar-refractivity contribution in [2.75, 3.05) is 6.61 Å². The maximum Gasteiger partial charge on any atom is 0.316 e. The molecule has 21 heavy (non-hydrogen) atoms. The zero-order chi connectivity index (χ0) is 15.2. The first-order valence-corrected chi connectivity index (χ1v) is 6.46. The summed E-state index contributed by atoms with van der Waals surface area (Å²) in [6.45, 7) is 0.583. The predicted octanol–water partition coefficient (Wildman–Crippen LogP) is 0.692. The Morgan fingerprint density at radius 3 is 2.52 bits per heavy atom. The van der Waals surface area contributed by atoms with Crippen molar-refractivity contribution >= 4 is 0 Å². The van der Waals surface area contributed by atoms with Crippen molar-refractivity contribution in [2.45, 2.75) is 13.0 Å². The van der Waals surface area contributed by atoms with Crippen molar-refractivity contribution in [3.63, 3.8) is 0 Å². The van der Waals surface area contributed by atoms with E-state index in [4.69, 9.17) is 10.00 Å². The van der Waals surface area contributed by atoms with Crippen LogP contribution in [0, 0.1) is 11.3 Å². The van der Waals surface area contributed by atoms with Crippen LogP contribution in [0.5, 0.6) is 5.75 Å². The summed E-state index contributed by atoms with van der Waals surface area (Å²) in [5.74, 6) is 0.661. The van der Waals surface area contributed by atoms with E-state index < -0.39 is 11.1 Å². The minimum atomic E-state index is -0.562. The van der Waals surface area contributed by atoms with Crippen molar-refractivity contribution in [1.29, 1.82) is 5.26 Å². The van der Waals surface area contributed by atoms with Crippen molar-refractivity contribution < 1.29 is 4.74 Å². The minimum absolute atomic E-state index is 0.282. The Bertz CT molecular complexity index is 766. The fourth-order valence-electron chi connectivity index (χ4n) is 1.82. The van der Waals surface area contributed by atoms with Gasteiger partial charge in [0.05, 0.1) is 19.0 Å². The van der Waals surface area contributed by atoms with E-state index in [0.717, 1.165) is 5.56 Å². The van der Waals surface area contributed by atoms with Gasteiger partial charge in [-0.2, -0.15) is 5.26 Å². The van der Waals surface area contributed by atoms with E-state index in [1.165, 1.54) is 16.2 Å². The third kappa shape index (κ3) is 3.60. The van der Waals surface area contributed by atoms with Crippen LogP contribution in [-0.4, -0.2) is 15.7 Å². The molecule has 0 saturated heterocycles. The Kier molecular flexibility index (Phi) is 4.57. The number of rotatable bonds is 5. The number of hydrogen-bond donors (Lipinski definition) is 0. The van der Waals surface area contributed by atoms with Crippen LogP contribution in [-0.2, 0) is 20.0 Å². The zero-order valence-electron chi connectivity index (χ0n) is 11.7. The molecule has 1 heterocycles. The van der Waals surface area contributed by atoms with Crippen LogP contribution in [0.25, 0.3) is 0 Å². The lowest BCUT2D eigenvalue weighted by molar-refractivity contribution is 0.295. The van der Waals surface area contributed by atoms with Crippen LogP contribution < -0.4 is 15.9 Å². The molecule has 6 nitrogen and oxygen atoms in total. The molecule has 6 heteroatoms. The number of ether oxygens (including phenoxy) is 1. The standard InChI is InChI=1S/C15H15N3O3/c1-17-8-9-18(15(20)14(17)19)10-11-21-13-4-2-12(3-5-13)6-7-16/h2-5,8-9H,6,10-11H2,1H3. The molecule has 0 aliphatic carbocycles. The van der Waals surface area contributed by atoms with E-state index in [2.05, 4.69) is 6.07 Å². The quantitative estimate of drug-likeness (QED) is 0.757. The maximum absolute atomic E-state index is 11.7. The molecule has 0 spiro atoms. The molecule has 2 rings (SSSR count). The molecule has 0 radical (unpaired) electrons. The van der Waals surface area contributed by atoms with Gasteiger partial charge >= 0.3 is 11.1 Å². The molecule has 2 aromatic rings. The highest BCUT2D eigenvalue weighted by Crippen LogP contribution is 2.12. The van der Waals surface area contributed by atoms with E-state index >= 15 is 0 Å². The SMILES string of the molecule is Cn1ccn(CCOc2ccc(CC#N)cc2)c(=O)c1=O. The Balaban J connectivity index is 1.96.